The number of piperidine rings is 1. The van der Waals surface area contributed by atoms with E-state index in [9.17, 15) is 19.7 Å². The smallest absolute Gasteiger partial charge is 0.270 e. The predicted molar refractivity (Wildman–Crippen MR) is 123 cm³/mol. The maximum atomic E-state index is 13.0. The number of rotatable bonds is 6. The molecular formula is C24H28N4O5. The third kappa shape index (κ3) is 4.48. The normalized spacial score (nSPS) is 19.8. The molecule has 174 valence electrons. The Labute approximate surface area is 192 Å². The Bertz CT molecular complexity index is 1070. The molecule has 9 heteroatoms. The van der Waals surface area contributed by atoms with E-state index >= 15 is 0 Å². The van der Waals surface area contributed by atoms with Crippen molar-refractivity contribution in [3.8, 4) is 5.75 Å². The molecule has 1 fully saturated rings. The molecular weight excluding hydrogens is 424 g/mol. The molecule has 1 saturated heterocycles. The Kier molecular flexibility index (Phi) is 6.48. The molecule has 0 bridgehead atoms. The van der Waals surface area contributed by atoms with Gasteiger partial charge in [0, 0.05) is 49.6 Å². The molecule has 2 amide bonds. The summed E-state index contributed by atoms with van der Waals surface area (Å²) in [6.45, 7) is 6.49. The van der Waals surface area contributed by atoms with Crippen LogP contribution in [0.15, 0.2) is 42.5 Å². The lowest BCUT2D eigenvalue weighted by atomic mass is 9.95. The van der Waals surface area contributed by atoms with E-state index in [1.54, 1.807) is 30.3 Å². The first kappa shape index (κ1) is 22.6. The highest BCUT2D eigenvalue weighted by Gasteiger charge is 2.33. The summed E-state index contributed by atoms with van der Waals surface area (Å²) < 4.78 is 6.05. The van der Waals surface area contributed by atoms with Crippen LogP contribution in [0.25, 0.3) is 0 Å². The Morgan fingerprint density at radius 3 is 2.73 bits per heavy atom. The molecule has 2 atom stereocenters. The predicted octanol–water partition coefficient (Wildman–Crippen LogP) is 3.50. The topological polar surface area (TPSA) is 105 Å². The maximum absolute atomic E-state index is 13.0. The lowest BCUT2D eigenvalue weighted by molar-refractivity contribution is -0.385. The number of carbonyl (C=O) groups excluding carboxylic acids is 2. The first-order valence-corrected chi connectivity index (χ1v) is 11.3. The van der Waals surface area contributed by atoms with Crippen LogP contribution in [0.1, 0.15) is 48.8 Å². The number of ether oxygens (including phenoxy) is 1. The van der Waals surface area contributed by atoms with Crippen molar-refractivity contribution in [3.05, 3.63) is 63.7 Å². The molecule has 2 aromatic rings. The lowest BCUT2D eigenvalue weighted by Crippen LogP contribution is -2.45. The van der Waals surface area contributed by atoms with Gasteiger partial charge in [-0.1, -0.05) is 12.1 Å². The molecule has 2 heterocycles. The number of hydrogen-bond acceptors (Lipinski definition) is 6. The number of amides is 2. The van der Waals surface area contributed by atoms with Crippen LogP contribution in [0, 0.1) is 16.0 Å². The first-order valence-electron chi connectivity index (χ1n) is 11.3. The van der Waals surface area contributed by atoms with Crippen molar-refractivity contribution in [3.63, 3.8) is 0 Å². The average Bonchev–Trinajstić information content (AvgIpc) is 2.84. The van der Waals surface area contributed by atoms with Crippen molar-refractivity contribution in [2.75, 3.05) is 31.1 Å². The summed E-state index contributed by atoms with van der Waals surface area (Å²) in [4.78, 5) is 40.6. The van der Waals surface area contributed by atoms with Gasteiger partial charge in [-0.15, -0.1) is 0 Å². The van der Waals surface area contributed by atoms with Crippen LogP contribution in [0.4, 0.5) is 11.4 Å². The van der Waals surface area contributed by atoms with Gasteiger partial charge in [-0.05, 0) is 44.9 Å². The number of anilines is 1. The van der Waals surface area contributed by atoms with Crippen molar-refractivity contribution in [2.45, 2.75) is 32.9 Å². The number of nitro benzene ring substituents is 1. The summed E-state index contributed by atoms with van der Waals surface area (Å²) in [5.41, 5.74) is 1.56. The van der Waals surface area contributed by atoms with Crippen molar-refractivity contribution in [1.82, 2.24) is 10.2 Å². The van der Waals surface area contributed by atoms with E-state index < -0.39 is 11.2 Å². The van der Waals surface area contributed by atoms with E-state index in [-0.39, 0.29) is 23.4 Å². The van der Waals surface area contributed by atoms with Crippen LogP contribution in [-0.2, 0) is 4.79 Å². The van der Waals surface area contributed by atoms with Gasteiger partial charge >= 0.3 is 0 Å². The number of nitrogens with one attached hydrogen (secondary N) is 1. The molecule has 0 radical (unpaired) electrons. The molecule has 1 N–H and O–H groups in total. The number of nitrogens with zero attached hydrogens (tertiary/aromatic N) is 3. The van der Waals surface area contributed by atoms with Crippen LogP contribution in [-0.4, -0.2) is 47.8 Å². The highest BCUT2D eigenvalue weighted by atomic mass is 16.6. The van der Waals surface area contributed by atoms with Crippen LogP contribution in [0.2, 0.25) is 0 Å². The summed E-state index contributed by atoms with van der Waals surface area (Å²) in [5, 5.41) is 14.3. The van der Waals surface area contributed by atoms with Crippen molar-refractivity contribution >= 4 is 23.2 Å². The van der Waals surface area contributed by atoms with Gasteiger partial charge in [0.15, 0.2) is 0 Å². The highest BCUT2D eigenvalue weighted by molar-refractivity contribution is 5.98. The Hall–Kier alpha value is -3.62. The zero-order valence-electron chi connectivity index (χ0n) is 18.8. The van der Waals surface area contributed by atoms with Crippen LogP contribution in [0.3, 0.4) is 0 Å². The Balaban J connectivity index is 1.67. The minimum absolute atomic E-state index is 0.0850. The molecule has 33 heavy (non-hydrogen) atoms. The maximum Gasteiger partial charge on any atom is 0.270 e. The van der Waals surface area contributed by atoms with E-state index in [0.29, 0.717) is 43.1 Å². The molecule has 0 aliphatic carbocycles. The largest absolute Gasteiger partial charge is 0.465 e. The van der Waals surface area contributed by atoms with E-state index in [1.807, 2.05) is 18.7 Å². The van der Waals surface area contributed by atoms with E-state index in [0.717, 1.165) is 18.5 Å². The number of non-ortho nitro benzene ring substituents is 1. The molecule has 0 spiro atoms. The zero-order valence-corrected chi connectivity index (χ0v) is 18.8. The van der Waals surface area contributed by atoms with Gasteiger partial charge in [0.25, 0.3) is 11.6 Å². The number of nitro groups is 1. The van der Waals surface area contributed by atoms with Crippen LogP contribution < -0.4 is 15.0 Å². The van der Waals surface area contributed by atoms with Crippen molar-refractivity contribution in [1.29, 1.82) is 0 Å². The molecule has 4 rings (SSSR count). The van der Waals surface area contributed by atoms with Gasteiger partial charge in [-0.3, -0.25) is 19.7 Å². The monoisotopic (exact) mass is 452 g/mol. The highest BCUT2D eigenvalue weighted by Crippen LogP contribution is 2.37. The SMILES string of the molecule is CCN(CC)C(=O)[C@@H]1CCCN(c2ccc([N+](=O)[O-])cc2[C@H]2NC(=O)c3ccccc3O2)C1. The van der Waals surface area contributed by atoms with Gasteiger partial charge in [0.1, 0.15) is 5.75 Å². The van der Waals surface area contributed by atoms with Gasteiger partial charge in [-0.2, -0.15) is 0 Å². The molecule has 9 nitrogen and oxygen atoms in total. The fraction of sp³-hybridized carbons (Fsp3) is 0.417. The fourth-order valence-electron chi connectivity index (χ4n) is 4.60. The van der Waals surface area contributed by atoms with E-state index in [4.69, 9.17) is 4.74 Å². The van der Waals surface area contributed by atoms with Gasteiger partial charge in [0.2, 0.25) is 12.1 Å². The minimum atomic E-state index is -0.874. The zero-order chi connectivity index (χ0) is 23.5. The average molecular weight is 453 g/mol. The molecule has 2 aliphatic heterocycles. The summed E-state index contributed by atoms with van der Waals surface area (Å²) in [5.74, 6) is 0.109. The number of hydrogen-bond donors (Lipinski definition) is 1. The minimum Gasteiger partial charge on any atom is -0.465 e. The van der Waals surface area contributed by atoms with E-state index in [1.165, 1.54) is 12.1 Å². The quantitative estimate of drug-likeness (QED) is 0.531. The molecule has 0 saturated carbocycles. The van der Waals surface area contributed by atoms with Gasteiger partial charge in [0.05, 0.1) is 16.4 Å². The number of para-hydroxylation sites is 1. The third-order valence-electron chi connectivity index (χ3n) is 6.33. The summed E-state index contributed by atoms with van der Waals surface area (Å²) in [7, 11) is 0. The summed E-state index contributed by atoms with van der Waals surface area (Å²) in [6.07, 6.45) is 0.758. The van der Waals surface area contributed by atoms with Crippen molar-refractivity contribution in [2.24, 2.45) is 5.92 Å². The second-order valence-electron chi connectivity index (χ2n) is 8.26. The fourth-order valence-corrected chi connectivity index (χ4v) is 4.60. The molecule has 0 unspecified atom stereocenters. The number of fused-ring (bicyclic) bond motifs is 1. The van der Waals surface area contributed by atoms with Crippen LogP contribution in [0.5, 0.6) is 5.75 Å². The van der Waals surface area contributed by atoms with Gasteiger partial charge in [-0.25, -0.2) is 0 Å². The number of benzene rings is 2. The molecule has 0 aromatic heterocycles. The second-order valence-corrected chi connectivity index (χ2v) is 8.26. The van der Waals surface area contributed by atoms with Crippen LogP contribution >= 0.6 is 0 Å². The molecule has 2 aromatic carbocycles. The van der Waals surface area contributed by atoms with E-state index in [2.05, 4.69) is 10.2 Å². The van der Waals surface area contributed by atoms with Crippen molar-refractivity contribution < 1.29 is 19.2 Å². The second kappa shape index (κ2) is 9.48. The Morgan fingerprint density at radius 2 is 2.00 bits per heavy atom. The lowest BCUT2D eigenvalue weighted by Gasteiger charge is -2.38. The first-order chi connectivity index (χ1) is 15.9. The summed E-state index contributed by atoms with van der Waals surface area (Å²) >= 11 is 0. The Morgan fingerprint density at radius 1 is 1.24 bits per heavy atom. The standard InChI is InChI=1S/C24H28N4O5/c1-3-26(4-2)24(30)16-8-7-13-27(15-16)20-12-11-17(28(31)32)14-19(20)23-25-22(29)18-9-5-6-10-21(18)33-23/h5-6,9-12,14,16,23H,3-4,7-8,13,15H2,1-2H3,(H,25,29)/t16-,23+/m1/s1. The number of carbonyl (C=O) groups is 2. The molecule has 2 aliphatic rings. The third-order valence-corrected chi connectivity index (χ3v) is 6.33. The van der Waals surface area contributed by atoms with Gasteiger partial charge < -0.3 is 19.9 Å². The summed E-state index contributed by atoms with van der Waals surface area (Å²) in [6, 6.07) is 11.5.